The largest absolute Gasteiger partial charge is 0.466 e. The van der Waals surface area contributed by atoms with Gasteiger partial charge in [-0.05, 0) is 73.5 Å². The first kappa shape index (κ1) is 24.2. The van der Waals surface area contributed by atoms with Crippen LogP contribution < -0.4 is 0 Å². The summed E-state index contributed by atoms with van der Waals surface area (Å²) in [5.74, 6) is -0.208. The first-order chi connectivity index (χ1) is 15.5. The van der Waals surface area contributed by atoms with Crippen LogP contribution in [0.3, 0.4) is 0 Å². The van der Waals surface area contributed by atoms with Gasteiger partial charge in [0, 0.05) is 32.1 Å². The van der Waals surface area contributed by atoms with Crippen LogP contribution in [0.4, 0.5) is 0 Å². The van der Waals surface area contributed by atoms with E-state index in [9.17, 15) is 19.2 Å². The van der Waals surface area contributed by atoms with E-state index in [0.717, 1.165) is 44.9 Å². The Labute approximate surface area is 196 Å². The minimum atomic E-state index is -0.960. The minimum Gasteiger partial charge on any atom is -0.466 e. The molecule has 7 heteroatoms. The smallest absolute Gasteiger partial charge is 0.347 e. The maximum atomic E-state index is 13.8. The van der Waals surface area contributed by atoms with Crippen molar-refractivity contribution in [3.63, 3.8) is 0 Å². The van der Waals surface area contributed by atoms with Crippen LogP contribution >= 0.6 is 0 Å². The second kappa shape index (κ2) is 8.70. The number of rotatable bonds is 4. The fraction of sp³-hybridized carbons (Fsp3) is 0.846. The summed E-state index contributed by atoms with van der Waals surface area (Å²) < 4.78 is 16.0. The molecular weight excluding hydrogens is 424 g/mol. The highest BCUT2D eigenvalue weighted by atomic mass is 16.6. The van der Waals surface area contributed by atoms with Crippen LogP contribution in [0.15, 0.2) is 0 Å². The van der Waals surface area contributed by atoms with E-state index in [2.05, 4.69) is 13.8 Å². The van der Waals surface area contributed by atoms with Crippen molar-refractivity contribution in [2.75, 3.05) is 7.11 Å². The van der Waals surface area contributed by atoms with E-state index in [1.54, 1.807) is 0 Å². The molecule has 0 bridgehead atoms. The molecule has 0 aromatic rings. The van der Waals surface area contributed by atoms with E-state index in [4.69, 9.17) is 14.2 Å². The molecule has 4 saturated carbocycles. The molecule has 4 rings (SSSR count). The zero-order valence-corrected chi connectivity index (χ0v) is 20.6. The summed E-state index contributed by atoms with van der Waals surface area (Å²) in [6, 6.07) is 0. The molecule has 4 fully saturated rings. The van der Waals surface area contributed by atoms with Gasteiger partial charge in [-0.25, -0.2) is 4.79 Å². The molecule has 0 amide bonds. The van der Waals surface area contributed by atoms with Crippen LogP contribution in [0.25, 0.3) is 0 Å². The molecule has 0 aromatic carbocycles. The number of esters is 3. The van der Waals surface area contributed by atoms with Crippen LogP contribution in [0, 0.1) is 40.4 Å². The molecule has 7 nitrogen and oxygen atoms in total. The van der Waals surface area contributed by atoms with E-state index in [1.165, 1.54) is 21.0 Å². The maximum Gasteiger partial charge on any atom is 0.347 e. The van der Waals surface area contributed by atoms with Crippen molar-refractivity contribution >= 4 is 23.7 Å². The Morgan fingerprint density at radius 2 is 1.70 bits per heavy atom. The van der Waals surface area contributed by atoms with Crippen molar-refractivity contribution in [3.8, 4) is 0 Å². The summed E-state index contributed by atoms with van der Waals surface area (Å²) in [4.78, 5) is 49.6. The van der Waals surface area contributed by atoms with E-state index < -0.39 is 18.0 Å². The summed E-state index contributed by atoms with van der Waals surface area (Å²) in [7, 11) is 1.31. The fourth-order valence-corrected chi connectivity index (χ4v) is 8.50. The predicted molar refractivity (Wildman–Crippen MR) is 119 cm³/mol. The molecule has 0 saturated heterocycles. The molecule has 0 N–H and O–H groups in total. The fourth-order valence-electron chi connectivity index (χ4n) is 8.50. The average Bonchev–Trinajstić information content (AvgIpc) is 3.07. The number of methoxy groups -OCH3 is 1. The summed E-state index contributed by atoms with van der Waals surface area (Å²) in [5, 5.41) is 0. The minimum absolute atomic E-state index is 0.0108. The van der Waals surface area contributed by atoms with Gasteiger partial charge in [-0.3, -0.25) is 14.4 Å². The van der Waals surface area contributed by atoms with Crippen molar-refractivity contribution < 1.29 is 33.4 Å². The lowest BCUT2D eigenvalue weighted by molar-refractivity contribution is -0.180. The lowest BCUT2D eigenvalue weighted by atomic mass is 9.44. The van der Waals surface area contributed by atoms with Crippen molar-refractivity contribution in [3.05, 3.63) is 0 Å². The Kier molecular flexibility index (Phi) is 6.38. The number of ketones is 1. The van der Waals surface area contributed by atoms with E-state index in [0.29, 0.717) is 18.3 Å². The van der Waals surface area contributed by atoms with Crippen LogP contribution in [-0.2, 0) is 33.4 Å². The third kappa shape index (κ3) is 3.99. The number of fused-ring (bicyclic) bond motifs is 5. The van der Waals surface area contributed by atoms with Crippen molar-refractivity contribution in [1.29, 1.82) is 0 Å². The van der Waals surface area contributed by atoms with E-state index >= 15 is 0 Å². The van der Waals surface area contributed by atoms with Gasteiger partial charge < -0.3 is 14.2 Å². The molecule has 0 aromatic heterocycles. The number of ether oxygens (including phenoxy) is 3. The molecule has 0 heterocycles. The van der Waals surface area contributed by atoms with Crippen molar-refractivity contribution in [2.24, 2.45) is 40.4 Å². The van der Waals surface area contributed by atoms with E-state index in [1.807, 2.05) is 0 Å². The highest BCUT2D eigenvalue weighted by Crippen LogP contribution is 2.67. The third-order valence-electron chi connectivity index (χ3n) is 9.80. The zero-order chi connectivity index (χ0) is 24.1. The lowest BCUT2D eigenvalue weighted by Gasteiger charge is -2.60. The average molecular weight is 463 g/mol. The van der Waals surface area contributed by atoms with Gasteiger partial charge in [0.25, 0.3) is 0 Å². The van der Waals surface area contributed by atoms with Crippen LogP contribution in [0.1, 0.15) is 79.1 Å². The molecule has 184 valence electrons. The Bertz CT molecular complexity index is 836. The SMILES string of the molecule is COC(=O)[C@@H](OC(C)=O)[C@H]1CC[C@H]2[C@@H]3CC[C@H]4C[C@H](OC(C)=O)CC[C@]4(C)[C@H]3C(=O)C[C@]12C. The van der Waals surface area contributed by atoms with Crippen molar-refractivity contribution in [2.45, 2.75) is 91.3 Å². The van der Waals surface area contributed by atoms with Crippen LogP contribution in [0.5, 0.6) is 0 Å². The standard InChI is InChI=1S/C26H38O7/c1-14(27)32-17-10-11-25(3)16(12-17)6-7-18-19-8-9-20(23(24(30)31-5)33-15(2)28)26(19,4)13-21(29)22(18)25/h16-20,22-23H,6-13H2,1-5H3/t16-,17+,18-,19-,20+,22+,23-,25-,26-/m0/s1. The Morgan fingerprint density at radius 3 is 2.33 bits per heavy atom. The molecule has 0 spiro atoms. The number of hydrogen-bond acceptors (Lipinski definition) is 7. The van der Waals surface area contributed by atoms with E-state index in [-0.39, 0.29) is 46.4 Å². The first-order valence-electron chi connectivity index (χ1n) is 12.5. The van der Waals surface area contributed by atoms with Gasteiger partial charge in [0.15, 0.2) is 0 Å². The second-order valence-corrected chi connectivity index (χ2v) is 11.4. The molecule has 4 aliphatic rings. The number of hydrogen-bond donors (Lipinski definition) is 0. The second-order valence-electron chi connectivity index (χ2n) is 11.4. The number of carbonyl (C=O) groups is 4. The van der Waals surface area contributed by atoms with Gasteiger partial charge in [0.05, 0.1) is 7.11 Å². The highest BCUT2D eigenvalue weighted by Gasteiger charge is 2.65. The summed E-state index contributed by atoms with van der Waals surface area (Å²) >= 11 is 0. The van der Waals surface area contributed by atoms with Crippen molar-refractivity contribution in [1.82, 2.24) is 0 Å². The maximum absolute atomic E-state index is 13.8. The topological polar surface area (TPSA) is 96.0 Å². The predicted octanol–water partition coefficient (Wildman–Crippen LogP) is 3.86. The Balaban J connectivity index is 1.59. The van der Waals surface area contributed by atoms with Gasteiger partial charge in [-0.1, -0.05) is 13.8 Å². The summed E-state index contributed by atoms with van der Waals surface area (Å²) in [5.41, 5.74) is -0.460. The van der Waals surface area contributed by atoms with Gasteiger partial charge in [-0.2, -0.15) is 0 Å². The molecule has 0 radical (unpaired) electrons. The monoisotopic (exact) mass is 462 g/mol. The van der Waals surface area contributed by atoms with Crippen LogP contribution in [-0.4, -0.2) is 43.0 Å². The number of carbonyl (C=O) groups excluding carboxylic acids is 4. The molecule has 0 aliphatic heterocycles. The Hall–Kier alpha value is -1.92. The number of Topliss-reactive ketones (excluding diaryl/α,β-unsaturated/α-hetero) is 1. The summed E-state index contributed by atoms with van der Waals surface area (Å²) in [6.45, 7) is 7.17. The molecule has 9 atom stereocenters. The molecule has 33 heavy (non-hydrogen) atoms. The van der Waals surface area contributed by atoms with Gasteiger partial charge in [-0.15, -0.1) is 0 Å². The molecular formula is C26H38O7. The van der Waals surface area contributed by atoms with Gasteiger partial charge >= 0.3 is 17.9 Å². The normalized spacial score (nSPS) is 42.9. The highest BCUT2D eigenvalue weighted by molar-refractivity contribution is 5.85. The van der Waals surface area contributed by atoms with Gasteiger partial charge in [0.2, 0.25) is 6.10 Å². The summed E-state index contributed by atoms with van der Waals surface area (Å²) in [6.07, 6.45) is 5.65. The third-order valence-corrected chi connectivity index (χ3v) is 9.80. The Morgan fingerprint density at radius 1 is 0.970 bits per heavy atom. The molecule has 0 unspecified atom stereocenters. The van der Waals surface area contributed by atoms with Crippen LogP contribution in [0.2, 0.25) is 0 Å². The lowest BCUT2D eigenvalue weighted by Crippen LogP contribution is -2.58. The molecule has 4 aliphatic carbocycles. The quantitative estimate of drug-likeness (QED) is 0.462. The first-order valence-corrected chi connectivity index (χ1v) is 12.5. The zero-order valence-electron chi connectivity index (χ0n) is 20.6. The van der Waals surface area contributed by atoms with Gasteiger partial charge in [0.1, 0.15) is 11.9 Å².